The molecule has 3 heterocycles. The van der Waals surface area contributed by atoms with E-state index in [0.717, 1.165) is 73.0 Å². The second kappa shape index (κ2) is 12.7. The summed E-state index contributed by atoms with van der Waals surface area (Å²) in [5.41, 5.74) is 14.9. The number of rotatable bonds is 5. The lowest BCUT2D eigenvalue weighted by molar-refractivity contribution is 0.474. The number of fused-ring (bicyclic) bond motifs is 9. The van der Waals surface area contributed by atoms with Crippen molar-refractivity contribution in [3.05, 3.63) is 205 Å². The van der Waals surface area contributed by atoms with Crippen LogP contribution in [-0.2, 0) is 5.41 Å². The van der Waals surface area contributed by atoms with E-state index in [1.165, 1.54) is 38.7 Å². The van der Waals surface area contributed by atoms with E-state index in [1.807, 2.05) is 12.1 Å². The molecule has 0 radical (unpaired) electrons. The molecule has 0 bridgehead atoms. The first-order chi connectivity index (χ1) is 29.0. The van der Waals surface area contributed by atoms with E-state index < -0.39 is 0 Å². The topological polar surface area (TPSA) is 28.9 Å². The molecule has 0 spiro atoms. The molecule has 280 valence electrons. The molecule has 0 atom stereocenters. The van der Waals surface area contributed by atoms with E-state index >= 15 is 0 Å². The monoisotopic (exact) mass is 758 g/mol. The molecule has 59 heavy (non-hydrogen) atoms. The van der Waals surface area contributed by atoms with Crippen molar-refractivity contribution in [2.24, 2.45) is 0 Å². The summed E-state index contributed by atoms with van der Waals surface area (Å²) in [7, 11) is 0. The van der Waals surface area contributed by atoms with E-state index in [9.17, 15) is 0 Å². The lowest BCUT2D eigenvalue weighted by atomic mass is 9.72. The summed E-state index contributed by atoms with van der Waals surface area (Å²) < 4.78 is 13.7. The maximum Gasteiger partial charge on any atom is 0.159 e. The maximum atomic E-state index is 7.10. The van der Waals surface area contributed by atoms with Crippen LogP contribution in [0.15, 0.2) is 199 Å². The van der Waals surface area contributed by atoms with Gasteiger partial charge in [-0.15, -0.1) is 0 Å². The third-order valence-electron chi connectivity index (χ3n) is 12.4. The highest BCUT2D eigenvalue weighted by molar-refractivity contribution is 6.11. The summed E-state index contributed by atoms with van der Waals surface area (Å²) in [5, 5.41) is 4.55. The summed E-state index contributed by atoms with van der Waals surface area (Å²) in [6.07, 6.45) is 0. The average molecular weight is 759 g/mol. The third-order valence-corrected chi connectivity index (χ3v) is 12.4. The number of nitrogens with zero attached hydrogens (tertiary/aromatic N) is 2. The first kappa shape index (κ1) is 33.6. The summed E-state index contributed by atoms with van der Waals surface area (Å²) in [6.45, 7) is 4.66. The number of hydrogen-bond donors (Lipinski definition) is 0. The van der Waals surface area contributed by atoms with Crippen molar-refractivity contribution in [2.45, 2.75) is 19.3 Å². The minimum atomic E-state index is -0.237. The summed E-state index contributed by atoms with van der Waals surface area (Å²) >= 11 is 0. The quantitative estimate of drug-likeness (QED) is 0.175. The molecule has 0 saturated heterocycles. The molecule has 1 aromatic heterocycles. The summed E-state index contributed by atoms with van der Waals surface area (Å²) in [5.74, 6) is 1.73. The molecule has 4 nitrogen and oxygen atoms in total. The van der Waals surface area contributed by atoms with Gasteiger partial charge in [0.2, 0.25) is 0 Å². The first-order valence-corrected chi connectivity index (χ1v) is 20.3. The molecule has 12 rings (SSSR count). The molecule has 0 amide bonds. The zero-order valence-electron chi connectivity index (χ0n) is 32.7. The highest BCUT2D eigenvalue weighted by Gasteiger charge is 2.43. The van der Waals surface area contributed by atoms with Gasteiger partial charge in [-0.1, -0.05) is 159 Å². The molecule has 2 aliphatic rings. The largest absolute Gasteiger partial charge is 0.454 e. The Morgan fingerprint density at radius 3 is 1.95 bits per heavy atom. The summed E-state index contributed by atoms with van der Waals surface area (Å²) in [6, 6.07) is 69.2. The van der Waals surface area contributed by atoms with Gasteiger partial charge in [0.25, 0.3) is 0 Å². The highest BCUT2D eigenvalue weighted by Crippen LogP contribution is 2.63. The van der Waals surface area contributed by atoms with Gasteiger partial charge in [0, 0.05) is 38.5 Å². The van der Waals surface area contributed by atoms with Crippen LogP contribution in [0.4, 0.5) is 34.1 Å². The molecule has 2 aliphatic heterocycles. The van der Waals surface area contributed by atoms with Crippen molar-refractivity contribution >= 4 is 66.8 Å². The van der Waals surface area contributed by atoms with Gasteiger partial charge >= 0.3 is 0 Å². The van der Waals surface area contributed by atoms with E-state index in [-0.39, 0.29) is 5.41 Å². The fourth-order valence-corrected chi connectivity index (χ4v) is 9.54. The van der Waals surface area contributed by atoms with Crippen LogP contribution < -0.4 is 14.5 Å². The minimum Gasteiger partial charge on any atom is -0.454 e. The van der Waals surface area contributed by atoms with Crippen molar-refractivity contribution < 1.29 is 9.15 Å². The van der Waals surface area contributed by atoms with E-state index in [2.05, 4.69) is 206 Å². The average Bonchev–Trinajstić information content (AvgIpc) is 3.68. The molecule has 10 aromatic rings. The van der Waals surface area contributed by atoms with Crippen LogP contribution in [0.3, 0.4) is 0 Å². The van der Waals surface area contributed by atoms with E-state index in [1.54, 1.807) is 0 Å². The molecule has 4 heteroatoms. The van der Waals surface area contributed by atoms with Crippen LogP contribution >= 0.6 is 0 Å². The first-order valence-electron chi connectivity index (χ1n) is 20.3. The normalized spacial score (nSPS) is 13.5. The van der Waals surface area contributed by atoms with Crippen LogP contribution in [0.2, 0.25) is 0 Å². The van der Waals surface area contributed by atoms with Crippen molar-refractivity contribution in [1.29, 1.82) is 0 Å². The van der Waals surface area contributed by atoms with Gasteiger partial charge in [-0.05, 0) is 81.7 Å². The second-order valence-electron chi connectivity index (χ2n) is 16.1. The minimum absolute atomic E-state index is 0.237. The maximum absolute atomic E-state index is 7.10. The lowest BCUT2D eigenvalue weighted by Crippen LogP contribution is -2.32. The van der Waals surface area contributed by atoms with Gasteiger partial charge in [0.1, 0.15) is 5.58 Å². The zero-order valence-corrected chi connectivity index (χ0v) is 32.7. The Bertz CT molecular complexity index is 3270. The van der Waals surface area contributed by atoms with Crippen molar-refractivity contribution in [3.8, 4) is 33.8 Å². The predicted octanol–water partition coefficient (Wildman–Crippen LogP) is 15.8. The number of hydrogen-bond acceptors (Lipinski definition) is 4. The fourth-order valence-electron chi connectivity index (χ4n) is 9.54. The SMILES string of the molecule is CC1(C)c2ccccc2N2c3c1ccc(-c1ccc(N(c4ccc(-c5ccccc5)cc4)c4cccc5c4oc4ccccc45)cc1)c3Oc1ccc3ccccc3c12. The molecule has 9 aromatic carbocycles. The molecular formula is C55H38N2O2. The predicted molar refractivity (Wildman–Crippen MR) is 244 cm³/mol. The van der Waals surface area contributed by atoms with Gasteiger partial charge in [0.05, 0.1) is 22.7 Å². The number of anilines is 6. The molecule has 0 saturated carbocycles. The Morgan fingerprint density at radius 1 is 0.475 bits per heavy atom. The van der Waals surface area contributed by atoms with Crippen LogP contribution in [0, 0.1) is 0 Å². The molecule has 0 aliphatic carbocycles. The van der Waals surface area contributed by atoms with E-state index in [0.29, 0.717) is 0 Å². The van der Waals surface area contributed by atoms with Gasteiger partial charge in [-0.2, -0.15) is 0 Å². The second-order valence-corrected chi connectivity index (χ2v) is 16.1. The molecule has 0 N–H and O–H groups in total. The smallest absolute Gasteiger partial charge is 0.159 e. The molecule has 0 unspecified atom stereocenters. The zero-order chi connectivity index (χ0) is 39.2. The van der Waals surface area contributed by atoms with Gasteiger partial charge in [-0.25, -0.2) is 0 Å². The van der Waals surface area contributed by atoms with Crippen molar-refractivity contribution in [3.63, 3.8) is 0 Å². The lowest BCUT2D eigenvalue weighted by Gasteiger charge is -2.45. The Balaban J connectivity index is 1.02. The number of furan rings is 1. The van der Waals surface area contributed by atoms with Crippen molar-refractivity contribution in [2.75, 3.05) is 9.80 Å². The summed E-state index contributed by atoms with van der Waals surface area (Å²) in [4.78, 5) is 4.76. The standard InChI is InChI=1S/C55H38N2O2/c1-55(2)45-19-9-10-20-47(45)57-51-41-16-7-6-15-37(41)27-34-50(51)59-54-42(32-33-46(55)52(54)57)38-25-30-40(31-26-38)56(39-28-23-36(24-29-39)35-13-4-3-5-14-35)48-21-12-18-44-43-17-8-11-22-49(43)58-53(44)48/h3-34H,1-2H3. The number of ether oxygens (including phenoxy) is 1. The van der Waals surface area contributed by atoms with Crippen molar-refractivity contribution in [1.82, 2.24) is 0 Å². The Kier molecular flexibility index (Phi) is 7.24. The van der Waals surface area contributed by atoms with Gasteiger partial charge < -0.3 is 19.0 Å². The Hall–Kier alpha value is -7.56. The van der Waals surface area contributed by atoms with E-state index in [4.69, 9.17) is 9.15 Å². The fraction of sp³-hybridized carbons (Fsp3) is 0.0545. The van der Waals surface area contributed by atoms with Gasteiger partial charge in [-0.3, -0.25) is 0 Å². The van der Waals surface area contributed by atoms with Crippen LogP contribution in [0.1, 0.15) is 25.0 Å². The number of para-hydroxylation sites is 3. The Morgan fingerprint density at radius 2 is 1.14 bits per heavy atom. The van der Waals surface area contributed by atoms with Gasteiger partial charge in [0.15, 0.2) is 17.1 Å². The molecule has 0 fully saturated rings. The number of benzene rings is 9. The third kappa shape index (κ3) is 5.03. The highest BCUT2D eigenvalue weighted by atomic mass is 16.5. The van der Waals surface area contributed by atoms with Crippen LogP contribution in [0.5, 0.6) is 11.5 Å². The van der Waals surface area contributed by atoms with Crippen LogP contribution in [-0.4, -0.2) is 0 Å². The van der Waals surface area contributed by atoms with Crippen LogP contribution in [0.25, 0.3) is 55.0 Å². The Labute approximate surface area is 342 Å². The molecular weight excluding hydrogens is 721 g/mol.